The van der Waals surface area contributed by atoms with Gasteiger partial charge in [-0.3, -0.25) is 0 Å². The van der Waals surface area contributed by atoms with Crippen molar-refractivity contribution in [3.63, 3.8) is 0 Å². The first-order valence-corrected chi connectivity index (χ1v) is 8.04. The Morgan fingerprint density at radius 3 is 2.50 bits per heavy atom. The average molecular weight is 302 g/mol. The summed E-state index contributed by atoms with van der Waals surface area (Å²) in [5, 5.41) is 11.6. The number of nitrogens with one attached hydrogen (secondary N) is 1. The number of carbonyl (C=O) groups excluding carboxylic acids is 1. The lowest BCUT2D eigenvalue weighted by Gasteiger charge is -2.48. The van der Waals surface area contributed by atoms with Gasteiger partial charge in [-0.25, -0.2) is 9.59 Å². The summed E-state index contributed by atoms with van der Waals surface area (Å²) in [5.74, 6) is -0.985. The van der Waals surface area contributed by atoms with Gasteiger partial charge in [-0.15, -0.1) is 0 Å². The monoisotopic (exact) mass is 302 g/mol. The van der Waals surface area contributed by atoms with Crippen LogP contribution in [0.3, 0.4) is 0 Å². The minimum absolute atomic E-state index is 0.0817. The van der Waals surface area contributed by atoms with Crippen LogP contribution in [0.5, 0.6) is 0 Å². The lowest BCUT2D eigenvalue weighted by Crippen LogP contribution is -2.66. The first-order valence-electron chi connectivity index (χ1n) is 6.82. The maximum atomic E-state index is 12.0. The second-order valence-electron chi connectivity index (χ2n) is 5.89. The van der Waals surface area contributed by atoms with Crippen LogP contribution in [-0.2, 0) is 9.53 Å². The van der Waals surface area contributed by atoms with Crippen molar-refractivity contribution in [2.75, 3.05) is 32.5 Å². The fourth-order valence-corrected chi connectivity index (χ4v) is 3.52. The number of likely N-dealkylation sites (tertiary alicyclic amines) is 1. The molecule has 20 heavy (non-hydrogen) atoms. The van der Waals surface area contributed by atoms with Crippen LogP contribution in [0, 0.1) is 0 Å². The fraction of sp³-hybridized carbons (Fsp3) is 0.846. The molecule has 0 aromatic rings. The van der Waals surface area contributed by atoms with E-state index in [9.17, 15) is 9.59 Å². The van der Waals surface area contributed by atoms with E-state index in [4.69, 9.17) is 9.84 Å². The van der Waals surface area contributed by atoms with Gasteiger partial charge in [0.15, 0.2) is 0 Å². The predicted octanol–water partition coefficient (Wildman–Crippen LogP) is 1.16. The molecule has 0 bridgehead atoms. The number of urea groups is 1. The Hall–Kier alpha value is -0.950. The summed E-state index contributed by atoms with van der Waals surface area (Å²) in [5.41, 5.74) is -0.524. The Kier molecular flexibility index (Phi) is 4.49. The molecule has 0 spiro atoms. The molecule has 6 nitrogen and oxygen atoms in total. The van der Waals surface area contributed by atoms with E-state index in [2.05, 4.69) is 11.6 Å². The van der Waals surface area contributed by atoms with Gasteiger partial charge < -0.3 is 20.1 Å². The number of carbonyl (C=O) groups is 2. The van der Waals surface area contributed by atoms with Crippen molar-refractivity contribution in [3.8, 4) is 0 Å². The van der Waals surface area contributed by atoms with Crippen molar-refractivity contribution in [1.29, 1.82) is 0 Å². The number of hydrogen-bond donors (Lipinski definition) is 2. The maximum absolute atomic E-state index is 12.0. The van der Waals surface area contributed by atoms with Gasteiger partial charge in [-0.05, 0) is 26.0 Å². The number of amides is 2. The summed E-state index contributed by atoms with van der Waals surface area (Å²) in [6.45, 7) is 3.10. The molecule has 2 rings (SSSR count). The smallest absolute Gasteiger partial charge is 0.329 e. The molecule has 2 N–H and O–H groups in total. The molecule has 1 aliphatic carbocycles. The minimum Gasteiger partial charge on any atom is -0.480 e. The Morgan fingerprint density at radius 2 is 2.05 bits per heavy atom. The van der Waals surface area contributed by atoms with Gasteiger partial charge >= 0.3 is 12.0 Å². The van der Waals surface area contributed by atoms with Crippen LogP contribution in [0.1, 0.15) is 26.2 Å². The number of aliphatic carboxylic acids is 1. The van der Waals surface area contributed by atoms with Gasteiger partial charge in [0, 0.05) is 11.3 Å². The topological polar surface area (TPSA) is 78.9 Å². The number of nitrogens with zero attached hydrogens (tertiary/aromatic N) is 1. The van der Waals surface area contributed by atoms with Crippen LogP contribution >= 0.6 is 11.8 Å². The van der Waals surface area contributed by atoms with E-state index < -0.39 is 11.6 Å². The maximum Gasteiger partial charge on any atom is 0.329 e. The lowest BCUT2D eigenvalue weighted by atomic mass is 9.84. The van der Waals surface area contributed by atoms with E-state index >= 15 is 0 Å². The highest BCUT2D eigenvalue weighted by atomic mass is 32.2. The fourth-order valence-electron chi connectivity index (χ4n) is 2.60. The average Bonchev–Trinajstić information content (AvgIpc) is 2.32. The third-order valence-electron chi connectivity index (χ3n) is 4.14. The largest absolute Gasteiger partial charge is 0.480 e. The zero-order valence-electron chi connectivity index (χ0n) is 12.0. The first-order chi connectivity index (χ1) is 9.38. The van der Waals surface area contributed by atoms with Crippen molar-refractivity contribution in [1.82, 2.24) is 10.2 Å². The van der Waals surface area contributed by atoms with Crippen LogP contribution in [0.25, 0.3) is 0 Å². The van der Waals surface area contributed by atoms with Crippen molar-refractivity contribution >= 4 is 23.8 Å². The molecule has 0 unspecified atom stereocenters. The van der Waals surface area contributed by atoms with Gasteiger partial charge in [0.1, 0.15) is 12.2 Å². The summed E-state index contributed by atoms with van der Waals surface area (Å²) in [4.78, 5) is 24.1. The minimum atomic E-state index is -0.985. The second-order valence-corrected chi connectivity index (χ2v) is 7.16. The normalized spacial score (nSPS) is 22.6. The quantitative estimate of drug-likeness (QED) is 0.769. The zero-order valence-corrected chi connectivity index (χ0v) is 12.8. The highest BCUT2D eigenvalue weighted by molar-refractivity contribution is 8.00. The summed E-state index contributed by atoms with van der Waals surface area (Å²) < 4.78 is 5.51. The molecule has 114 valence electrons. The summed E-state index contributed by atoms with van der Waals surface area (Å²) in [7, 11) is 0. The van der Waals surface area contributed by atoms with Crippen LogP contribution in [0.4, 0.5) is 4.79 Å². The summed E-state index contributed by atoms with van der Waals surface area (Å²) in [6, 6.07) is -0.0817. The molecule has 0 aromatic heterocycles. The first kappa shape index (κ1) is 15.4. The third kappa shape index (κ3) is 3.38. The van der Waals surface area contributed by atoms with Crippen molar-refractivity contribution in [3.05, 3.63) is 0 Å². The molecule has 1 saturated heterocycles. The Balaban J connectivity index is 1.69. The number of carboxylic acids is 1. The predicted molar refractivity (Wildman–Crippen MR) is 77.1 cm³/mol. The molecule has 2 amide bonds. The zero-order chi connectivity index (χ0) is 14.8. The van der Waals surface area contributed by atoms with E-state index in [0.29, 0.717) is 19.6 Å². The molecule has 1 heterocycles. The van der Waals surface area contributed by atoms with Crippen LogP contribution in [0.15, 0.2) is 0 Å². The number of hydrogen-bond acceptors (Lipinski definition) is 4. The van der Waals surface area contributed by atoms with Crippen molar-refractivity contribution < 1.29 is 19.4 Å². The molecule has 7 heteroatoms. The molecular formula is C13H22N2O4S. The third-order valence-corrected chi connectivity index (χ3v) is 5.56. The Bertz CT molecular complexity index is 386. The van der Waals surface area contributed by atoms with E-state index in [1.807, 2.05) is 18.7 Å². The number of carboxylic acid groups (broad SMARTS) is 1. The molecular weight excluding hydrogens is 280 g/mol. The van der Waals surface area contributed by atoms with E-state index in [1.54, 1.807) is 4.90 Å². The van der Waals surface area contributed by atoms with Gasteiger partial charge in [0.05, 0.1) is 13.1 Å². The van der Waals surface area contributed by atoms with Gasteiger partial charge in [0.2, 0.25) is 0 Å². The van der Waals surface area contributed by atoms with Gasteiger partial charge in [0.25, 0.3) is 0 Å². The lowest BCUT2D eigenvalue weighted by molar-refractivity contribution is -0.159. The summed E-state index contributed by atoms with van der Waals surface area (Å²) >= 11 is 1.83. The van der Waals surface area contributed by atoms with Gasteiger partial charge in [-0.1, -0.05) is 6.42 Å². The highest BCUT2D eigenvalue weighted by Crippen LogP contribution is 2.42. The number of thioether (sulfide) groups is 1. The molecule has 0 radical (unpaired) electrons. The Morgan fingerprint density at radius 1 is 1.40 bits per heavy atom. The van der Waals surface area contributed by atoms with E-state index in [0.717, 1.165) is 12.8 Å². The molecule has 2 aliphatic rings. The van der Waals surface area contributed by atoms with E-state index in [1.165, 1.54) is 6.42 Å². The molecule has 1 aliphatic heterocycles. The standard InChI is InChI=1S/C13H22N2O4S/c1-12(19-6-10(16)17)8-15(9-12)11(18)14-7-13(20-2)4-3-5-13/h3-9H2,1-2H3,(H,14,18)(H,16,17). The van der Waals surface area contributed by atoms with Crippen molar-refractivity contribution in [2.45, 2.75) is 36.5 Å². The molecule has 1 saturated carbocycles. The highest BCUT2D eigenvalue weighted by Gasteiger charge is 2.43. The number of ether oxygens (including phenoxy) is 1. The Labute approximate surface area is 123 Å². The SMILES string of the molecule is CSC1(CNC(=O)N2CC(C)(OCC(=O)O)C2)CCC1. The summed E-state index contributed by atoms with van der Waals surface area (Å²) in [6.07, 6.45) is 5.65. The molecule has 0 atom stereocenters. The molecule has 0 aromatic carbocycles. The van der Waals surface area contributed by atoms with Crippen molar-refractivity contribution in [2.24, 2.45) is 0 Å². The van der Waals surface area contributed by atoms with Crippen LogP contribution in [-0.4, -0.2) is 64.9 Å². The molecule has 2 fully saturated rings. The number of rotatable bonds is 6. The second kappa shape index (κ2) is 5.81. The van der Waals surface area contributed by atoms with E-state index in [-0.39, 0.29) is 17.4 Å². The van der Waals surface area contributed by atoms with Crippen LogP contribution in [0.2, 0.25) is 0 Å². The van der Waals surface area contributed by atoms with Gasteiger partial charge in [-0.2, -0.15) is 11.8 Å². The van der Waals surface area contributed by atoms with Crippen LogP contribution < -0.4 is 5.32 Å².